The van der Waals surface area contributed by atoms with Crippen LogP contribution in [-0.2, 0) is 0 Å². The molecule has 0 fully saturated rings. The van der Waals surface area contributed by atoms with E-state index in [1.54, 1.807) is 0 Å². The van der Waals surface area contributed by atoms with Crippen LogP contribution in [0.25, 0.3) is 0 Å². The molecule has 51 valence electrons. The van der Waals surface area contributed by atoms with E-state index in [2.05, 4.69) is 17.6 Å². The van der Waals surface area contributed by atoms with Gasteiger partial charge in [0.05, 0.1) is 5.69 Å². The third-order valence-electron chi connectivity index (χ3n) is 0.995. The van der Waals surface area contributed by atoms with Crippen molar-refractivity contribution in [3.63, 3.8) is 0 Å². The maximum Gasteiger partial charge on any atom is 0.190 e. The van der Waals surface area contributed by atoms with Gasteiger partial charge in [0.15, 0.2) is 5.17 Å². The Bertz CT molecular complexity index is 227. The number of para-hydroxylation sites is 1. The second-order valence-electron chi connectivity index (χ2n) is 1.79. The fraction of sp³-hybridized carbons (Fsp3) is 0. The van der Waals surface area contributed by atoms with Crippen molar-refractivity contribution >= 4 is 23.5 Å². The van der Waals surface area contributed by atoms with Crippen LogP contribution in [0.15, 0.2) is 35.3 Å². The molecule has 0 saturated heterocycles. The molecule has 0 aliphatic heterocycles. The van der Waals surface area contributed by atoms with Gasteiger partial charge in [-0.15, -0.1) is 0 Å². The molecule has 1 aromatic rings. The Morgan fingerprint density at radius 1 is 1.30 bits per heavy atom. The van der Waals surface area contributed by atoms with Gasteiger partial charge >= 0.3 is 0 Å². The molecule has 0 bridgehead atoms. The number of nitrogens with two attached hydrogens (primary N) is 1. The van der Waals surface area contributed by atoms with Crippen LogP contribution in [0.5, 0.6) is 0 Å². The highest BCUT2D eigenvalue weighted by Gasteiger charge is 1.85. The van der Waals surface area contributed by atoms with Crippen molar-refractivity contribution in [2.75, 3.05) is 0 Å². The lowest BCUT2D eigenvalue weighted by Gasteiger charge is -1.89. The summed E-state index contributed by atoms with van der Waals surface area (Å²) in [7, 11) is 0. The minimum absolute atomic E-state index is 0.172. The quantitative estimate of drug-likeness (QED) is 0.482. The van der Waals surface area contributed by atoms with E-state index in [-0.39, 0.29) is 5.17 Å². The van der Waals surface area contributed by atoms with Gasteiger partial charge in [0.25, 0.3) is 0 Å². The van der Waals surface area contributed by atoms with E-state index in [0.717, 1.165) is 5.69 Å². The molecule has 0 unspecified atom stereocenters. The Labute approximate surface area is 65.2 Å². The van der Waals surface area contributed by atoms with Gasteiger partial charge in [0.2, 0.25) is 0 Å². The first kappa shape index (κ1) is 7.02. The summed E-state index contributed by atoms with van der Waals surface area (Å²) >= 11 is 4.59. The van der Waals surface area contributed by atoms with Crippen molar-refractivity contribution in [3.05, 3.63) is 30.3 Å². The zero-order valence-corrected chi connectivity index (χ0v) is 6.14. The summed E-state index contributed by atoms with van der Waals surface area (Å²) in [5, 5.41) is 0.172. The minimum Gasteiger partial charge on any atom is -0.374 e. The van der Waals surface area contributed by atoms with E-state index >= 15 is 0 Å². The van der Waals surface area contributed by atoms with Crippen LogP contribution in [0.2, 0.25) is 0 Å². The van der Waals surface area contributed by atoms with Gasteiger partial charge in [-0.25, -0.2) is 4.99 Å². The van der Waals surface area contributed by atoms with Crippen molar-refractivity contribution in [1.82, 2.24) is 0 Å². The SMILES string of the molecule is NC([S])=Nc1ccccc1. The molecular weight excluding hydrogens is 144 g/mol. The Morgan fingerprint density at radius 3 is 2.40 bits per heavy atom. The Morgan fingerprint density at radius 2 is 1.90 bits per heavy atom. The van der Waals surface area contributed by atoms with E-state index in [1.165, 1.54) is 0 Å². The van der Waals surface area contributed by atoms with Gasteiger partial charge in [-0.3, -0.25) is 0 Å². The monoisotopic (exact) mass is 151 g/mol. The van der Waals surface area contributed by atoms with Gasteiger partial charge in [0.1, 0.15) is 0 Å². The Balaban J connectivity index is 2.87. The fourth-order valence-corrected chi connectivity index (χ4v) is 0.735. The number of benzene rings is 1. The van der Waals surface area contributed by atoms with Crippen LogP contribution < -0.4 is 5.73 Å². The summed E-state index contributed by atoms with van der Waals surface area (Å²) in [4.78, 5) is 3.87. The molecule has 3 heteroatoms. The van der Waals surface area contributed by atoms with Crippen LogP contribution >= 0.6 is 12.6 Å². The van der Waals surface area contributed by atoms with Crippen molar-refractivity contribution in [2.45, 2.75) is 0 Å². The molecule has 2 N–H and O–H groups in total. The third-order valence-corrected chi connectivity index (χ3v) is 1.09. The van der Waals surface area contributed by atoms with E-state index in [1.807, 2.05) is 30.3 Å². The highest BCUT2D eigenvalue weighted by atomic mass is 32.1. The highest BCUT2D eigenvalue weighted by Crippen LogP contribution is 2.09. The van der Waals surface area contributed by atoms with Crippen LogP contribution in [0.4, 0.5) is 5.69 Å². The van der Waals surface area contributed by atoms with Gasteiger partial charge in [-0.05, 0) is 24.8 Å². The van der Waals surface area contributed by atoms with E-state index < -0.39 is 0 Å². The van der Waals surface area contributed by atoms with Gasteiger partial charge in [-0.1, -0.05) is 18.2 Å². The molecule has 2 nitrogen and oxygen atoms in total. The number of nitrogens with zero attached hydrogens (tertiary/aromatic N) is 1. The molecule has 0 aliphatic rings. The molecule has 0 aliphatic carbocycles. The van der Waals surface area contributed by atoms with Gasteiger partial charge < -0.3 is 5.73 Å². The van der Waals surface area contributed by atoms with Crippen LogP contribution in [0, 0.1) is 0 Å². The molecule has 1 radical (unpaired) electrons. The lowest BCUT2D eigenvalue weighted by atomic mass is 10.3. The average molecular weight is 151 g/mol. The second-order valence-corrected chi connectivity index (χ2v) is 2.20. The summed E-state index contributed by atoms with van der Waals surface area (Å²) in [6.45, 7) is 0. The van der Waals surface area contributed by atoms with E-state index in [4.69, 9.17) is 5.73 Å². The topological polar surface area (TPSA) is 38.4 Å². The Kier molecular flexibility index (Phi) is 2.23. The molecule has 1 aromatic carbocycles. The molecule has 0 saturated carbocycles. The molecule has 0 amide bonds. The Hall–Kier alpha value is -1.09. The summed E-state index contributed by atoms with van der Waals surface area (Å²) in [6.07, 6.45) is 0. The maximum atomic E-state index is 5.19. The molecule has 0 heterocycles. The standard InChI is InChI=1S/C7H7N2S/c8-7(10)9-6-4-2-1-3-5-6/h1-5H,(H2,8,9). The summed E-state index contributed by atoms with van der Waals surface area (Å²) in [6, 6.07) is 9.38. The van der Waals surface area contributed by atoms with Crippen LogP contribution in [0.1, 0.15) is 0 Å². The lowest BCUT2D eigenvalue weighted by Crippen LogP contribution is -1.99. The molecule has 0 aromatic heterocycles. The number of hydrogen-bond donors (Lipinski definition) is 1. The predicted molar refractivity (Wildman–Crippen MR) is 45.3 cm³/mol. The van der Waals surface area contributed by atoms with E-state index in [0.29, 0.717) is 0 Å². The van der Waals surface area contributed by atoms with Crippen LogP contribution in [-0.4, -0.2) is 5.17 Å². The molecule has 1 rings (SSSR count). The average Bonchev–Trinajstić information content (AvgIpc) is 1.88. The first-order valence-electron chi connectivity index (χ1n) is 2.85. The predicted octanol–water partition coefficient (Wildman–Crippen LogP) is 1.83. The normalized spacial score (nSPS) is 11.4. The second kappa shape index (κ2) is 3.17. The lowest BCUT2D eigenvalue weighted by molar-refractivity contribution is 1.51. The van der Waals surface area contributed by atoms with E-state index in [9.17, 15) is 0 Å². The zero-order chi connectivity index (χ0) is 7.40. The fourth-order valence-electron chi connectivity index (χ4n) is 0.630. The van der Waals surface area contributed by atoms with Crippen molar-refractivity contribution < 1.29 is 0 Å². The first-order chi connectivity index (χ1) is 4.79. The van der Waals surface area contributed by atoms with Crippen LogP contribution in [0.3, 0.4) is 0 Å². The smallest absolute Gasteiger partial charge is 0.190 e. The van der Waals surface area contributed by atoms with Gasteiger partial charge in [0, 0.05) is 0 Å². The van der Waals surface area contributed by atoms with Crippen molar-refractivity contribution in [2.24, 2.45) is 10.7 Å². The summed E-state index contributed by atoms with van der Waals surface area (Å²) in [5.74, 6) is 0. The minimum atomic E-state index is 0.172. The maximum absolute atomic E-state index is 5.19. The largest absolute Gasteiger partial charge is 0.374 e. The molecule has 0 atom stereocenters. The number of hydrogen-bond acceptors (Lipinski definition) is 1. The number of amidine groups is 1. The summed E-state index contributed by atoms with van der Waals surface area (Å²) < 4.78 is 0. The van der Waals surface area contributed by atoms with Gasteiger partial charge in [-0.2, -0.15) is 0 Å². The first-order valence-corrected chi connectivity index (χ1v) is 3.26. The van der Waals surface area contributed by atoms with Crippen molar-refractivity contribution in [3.8, 4) is 0 Å². The third kappa shape index (κ3) is 2.03. The highest BCUT2D eigenvalue weighted by molar-refractivity contribution is 7.96. The summed E-state index contributed by atoms with van der Waals surface area (Å²) in [5.41, 5.74) is 5.99. The zero-order valence-electron chi connectivity index (χ0n) is 5.32. The number of aliphatic imine (C=N–C) groups is 1. The molecule has 0 spiro atoms. The molecular formula is C7H7N2S. The molecule has 10 heavy (non-hydrogen) atoms. The number of rotatable bonds is 1. The van der Waals surface area contributed by atoms with Crippen molar-refractivity contribution in [1.29, 1.82) is 0 Å².